The van der Waals surface area contributed by atoms with Crippen molar-refractivity contribution in [3.8, 4) is 11.1 Å². The fraction of sp³-hybridized carbons (Fsp3) is 0.182. The molecule has 1 aliphatic heterocycles. The van der Waals surface area contributed by atoms with Gasteiger partial charge in [-0.1, -0.05) is 12.1 Å². The van der Waals surface area contributed by atoms with Gasteiger partial charge in [-0.25, -0.2) is 9.78 Å². The summed E-state index contributed by atoms with van der Waals surface area (Å²) in [7, 11) is 3.47. The van der Waals surface area contributed by atoms with Crippen molar-refractivity contribution in [1.29, 1.82) is 0 Å². The van der Waals surface area contributed by atoms with Crippen LogP contribution in [0.4, 0.5) is 22.0 Å². The molecule has 0 bridgehead atoms. The van der Waals surface area contributed by atoms with Gasteiger partial charge in [0.1, 0.15) is 5.82 Å². The number of urea groups is 1. The van der Waals surface area contributed by atoms with Crippen LogP contribution in [-0.4, -0.2) is 54.0 Å². The minimum absolute atomic E-state index is 0.0264. The highest BCUT2D eigenvalue weighted by molar-refractivity contribution is 5.95. The van der Waals surface area contributed by atoms with Crippen LogP contribution in [-0.2, 0) is 0 Å². The van der Waals surface area contributed by atoms with Crippen molar-refractivity contribution in [2.75, 3.05) is 37.4 Å². The smallest absolute Gasteiger partial charge is 0.322 e. The molecule has 1 aromatic carbocycles. The molecule has 2 aromatic heterocycles. The van der Waals surface area contributed by atoms with Crippen LogP contribution in [0.15, 0.2) is 61.1 Å². The average Bonchev–Trinajstić information content (AvgIpc) is 3.20. The Balaban J connectivity index is 1.47. The molecule has 0 unspecified atom stereocenters. The number of hydrogen-bond donors (Lipinski definition) is 2. The van der Waals surface area contributed by atoms with E-state index < -0.39 is 0 Å². The van der Waals surface area contributed by atoms with Crippen LogP contribution in [0.5, 0.6) is 0 Å². The van der Waals surface area contributed by atoms with E-state index >= 15 is 0 Å². The van der Waals surface area contributed by atoms with Crippen molar-refractivity contribution in [2.45, 2.75) is 0 Å². The number of nitrogens with zero attached hydrogens (tertiary/aromatic N) is 4. The second kappa shape index (κ2) is 8.20. The molecule has 0 saturated carbocycles. The number of nitrogens with one attached hydrogen (secondary N) is 2. The van der Waals surface area contributed by atoms with Crippen LogP contribution in [0.1, 0.15) is 10.4 Å². The van der Waals surface area contributed by atoms with Gasteiger partial charge in [-0.15, -0.1) is 0 Å². The predicted molar refractivity (Wildman–Crippen MR) is 116 cm³/mol. The highest BCUT2D eigenvalue weighted by Gasteiger charge is 2.21. The van der Waals surface area contributed by atoms with Crippen molar-refractivity contribution >= 4 is 29.1 Å². The molecule has 3 heterocycles. The first kappa shape index (κ1) is 19.4. The Morgan fingerprint density at radius 3 is 2.47 bits per heavy atom. The van der Waals surface area contributed by atoms with Gasteiger partial charge in [0.25, 0.3) is 5.91 Å². The summed E-state index contributed by atoms with van der Waals surface area (Å²) >= 11 is 0. The quantitative estimate of drug-likeness (QED) is 0.684. The van der Waals surface area contributed by atoms with Gasteiger partial charge >= 0.3 is 6.03 Å². The topological polar surface area (TPSA) is 90.5 Å². The summed E-state index contributed by atoms with van der Waals surface area (Å²) < 4.78 is 0. The zero-order valence-corrected chi connectivity index (χ0v) is 16.8. The summed E-state index contributed by atoms with van der Waals surface area (Å²) in [4.78, 5) is 35.7. The lowest BCUT2D eigenvalue weighted by Crippen LogP contribution is -2.27. The molecule has 3 amide bonds. The van der Waals surface area contributed by atoms with E-state index in [1.807, 2.05) is 42.5 Å². The minimum atomic E-state index is -0.116. The van der Waals surface area contributed by atoms with Gasteiger partial charge in [-0.2, -0.15) is 0 Å². The van der Waals surface area contributed by atoms with Crippen LogP contribution in [0.3, 0.4) is 0 Å². The monoisotopic (exact) mass is 402 g/mol. The molecule has 4 rings (SSSR count). The normalized spacial score (nSPS) is 13.1. The summed E-state index contributed by atoms with van der Waals surface area (Å²) in [6.07, 6.45) is 5.13. The van der Waals surface area contributed by atoms with E-state index in [0.717, 1.165) is 22.5 Å². The third kappa shape index (κ3) is 4.07. The van der Waals surface area contributed by atoms with E-state index in [4.69, 9.17) is 0 Å². The van der Waals surface area contributed by atoms with Crippen LogP contribution in [0.25, 0.3) is 11.1 Å². The Hall–Kier alpha value is -3.94. The maximum absolute atomic E-state index is 12.0. The lowest BCUT2D eigenvalue weighted by Gasteiger charge is -2.15. The molecule has 1 fully saturated rings. The Kier molecular flexibility index (Phi) is 5.30. The number of aromatic nitrogens is 2. The number of carbonyl (C=O) groups excluding carboxylic acids is 2. The van der Waals surface area contributed by atoms with E-state index in [9.17, 15) is 9.59 Å². The maximum Gasteiger partial charge on any atom is 0.322 e. The summed E-state index contributed by atoms with van der Waals surface area (Å²) in [5.41, 5.74) is 4.06. The molecule has 1 aliphatic rings. The molecule has 0 radical (unpaired) electrons. The molecule has 0 spiro atoms. The van der Waals surface area contributed by atoms with Crippen molar-refractivity contribution < 1.29 is 9.59 Å². The molecule has 152 valence electrons. The van der Waals surface area contributed by atoms with Crippen LogP contribution in [0, 0.1) is 0 Å². The minimum Gasteiger partial charge on any atom is -0.345 e. The largest absolute Gasteiger partial charge is 0.345 e. The van der Waals surface area contributed by atoms with E-state index in [1.165, 1.54) is 0 Å². The van der Waals surface area contributed by atoms with Crippen LogP contribution in [0.2, 0.25) is 0 Å². The Morgan fingerprint density at radius 2 is 1.83 bits per heavy atom. The van der Waals surface area contributed by atoms with Crippen molar-refractivity contribution in [3.63, 3.8) is 0 Å². The Bertz CT molecular complexity index is 1060. The zero-order chi connectivity index (χ0) is 21.1. The zero-order valence-electron chi connectivity index (χ0n) is 16.8. The van der Waals surface area contributed by atoms with Gasteiger partial charge in [-0.05, 0) is 35.9 Å². The summed E-state index contributed by atoms with van der Waals surface area (Å²) in [5, 5.41) is 6.00. The fourth-order valence-corrected chi connectivity index (χ4v) is 3.21. The van der Waals surface area contributed by atoms with E-state index in [1.54, 1.807) is 42.5 Å². The summed E-state index contributed by atoms with van der Waals surface area (Å²) in [6.45, 7) is 1.25. The van der Waals surface area contributed by atoms with E-state index in [2.05, 4.69) is 20.6 Å². The van der Waals surface area contributed by atoms with Crippen molar-refractivity contribution in [3.05, 3.63) is 66.6 Å². The lowest BCUT2D eigenvalue weighted by atomic mass is 10.1. The molecular formula is C22H22N6O2. The fourth-order valence-electron chi connectivity index (χ4n) is 3.21. The number of benzene rings is 1. The number of pyridine rings is 2. The summed E-state index contributed by atoms with van der Waals surface area (Å²) in [5.74, 6) is 0.643. The van der Waals surface area contributed by atoms with Crippen LogP contribution < -0.4 is 15.5 Å². The maximum atomic E-state index is 12.0. The number of rotatable bonds is 5. The molecule has 8 heteroatoms. The standard InChI is InChI=1S/C22H22N6O2/c1-27(2)21(29)16-5-3-15(4-6-16)17-7-8-20(25-12-17)26-18-11-19(14-23-13-18)28-10-9-24-22(28)30/h3-8,11-14H,9-10H2,1-2H3,(H,24,30)(H,25,26). The average molecular weight is 402 g/mol. The first-order valence-electron chi connectivity index (χ1n) is 9.57. The lowest BCUT2D eigenvalue weighted by molar-refractivity contribution is 0.0827. The molecule has 2 N–H and O–H groups in total. The Labute approximate surface area is 174 Å². The third-order valence-electron chi connectivity index (χ3n) is 4.80. The first-order chi connectivity index (χ1) is 14.5. The number of amides is 3. The second-order valence-electron chi connectivity index (χ2n) is 7.15. The van der Waals surface area contributed by atoms with Crippen molar-refractivity contribution in [2.24, 2.45) is 0 Å². The van der Waals surface area contributed by atoms with E-state index in [-0.39, 0.29) is 11.9 Å². The van der Waals surface area contributed by atoms with E-state index in [0.29, 0.717) is 24.5 Å². The highest BCUT2D eigenvalue weighted by atomic mass is 16.2. The third-order valence-corrected chi connectivity index (χ3v) is 4.80. The molecule has 1 saturated heterocycles. The van der Waals surface area contributed by atoms with Crippen LogP contribution >= 0.6 is 0 Å². The van der Waals surface area contributed by atoms with Gasteiger partial charge in [0.15, 0.2) is 0 Å². The van der Waals surface area contributed by atoms with Crippen molar-refractivity contribution in [1.82, 2.24) is 20.2 Å². The predicted octanol–water partition coefficient (Wildman–Crippen LogP) is 3.12. The summed E-state index contributed by atoms with van der Waals surface area (Å²) in [6, 6.07) is 13.0. The number of hydrogen-bond acceptors (Lipinski definition) is 5. The Morgan fingerprint density at radius 1 is 1.07 bits per heavy atom. The number of anilines is 3. The van der Waals surface area contributed by atoms with Gasteiger partial charge < -0.3 is 15.5 Å². The van der Waals surface area contributed by atoms with Gasteiger partial charge in [-0.3, -0.25) is 14.7 Å². The first-order valence-corrected chi connectivity index (χ1v) is 9.57. The number of carbonyl (C=O) groups is 2. The molecular weight excluding hydrogens is 380 g/mol. The van der Waals surface area contributed by atoms with Gasteiger partial charge in [0, 0.05) is 44.5 Å². The molecule has 0 atom stereocenters. The molecule has 0 aliphatic carbocycles. The molecule has 8 nitrogen and oxygen atoms in total. The van der Waals surface area contributed by atoms with Gasteiger partial charge in [0.2, 0.25) is 0 Å². The second-order valence-corrected chi connectivity index (χ2v) is 7.15. The molecule has 30 heavy (non-hydrogen) atoms. The molecule has 3 aromatic rings. The highest BCUT2D eigenvalue weighted by Crippen LogP contribution is 2.24. The SMILES string of the molecule is CN(C)C(=O)c1ccc(-c2ccc(Nc3cncc(N4CCNC4=O)c3)nc2)cc1. The van der Waals surface area contributed by atoms with Gasteiger partial charge in [0.05, 0.1) is 23.8 Å².